The summed E-state index contributed by atoms with van der Waals surface area (Å²) in [6.07, 6.45) is 1.66. The molecule has 1 saturated carbocycles. The molecule has 3 atom stereocenters. The van der Waals surface area contributed by atoms with E-state index in [2.05, 4.69) is 13.8 Å². The van der Waals surface area contributed by atoms with E-state index in [1.165, 1.54) is 0 Å². The van der Waals surface area contributed by atoms with Crippen LogP contribution in [0, 0.1) is 17.8 Å². The molecule has 0 saturated heterocycles. The molecule has 64 valence electrons. The SMILES string of the molecule is CC1CCC(=O)C(CO)C1C. The first kappa shape index (κ1) is 8.72. The Morgan fingerprint density at radius 1 is 1.55 bits per heavy atom. The van der Waals surface area contributed by atoms with Crippen LogP contribution in [-0.4, -0.2) is 17.5 Å². The number of ketones is 1. The predicted molar refractivity (Wildman–Crippen MR) is 43.1 cm³/mol. The number of hydrogen-bond donors (Lipinski definition) is 1. The summed E-state index contributed by atoms with van der Waals surface area (Å²) in [6.45, 7) is 4.24. The van der Waals surface area contributed by atoms with E-state index in [0.29, 0.717) is 18.3 Å². The van der Waals surface area contributed by atoms with E-state index in [0.717, 1.165) is 6.42 Å². The highest BCUT2D eigenvalue weighted by atomic mass is 16.3. The largest absolute Gasteiger partial charge is 0.396 e. The molecule has 1 aliphatic carbocycles. The van der Waals surface area contributed by atoms with E-state index in [1.807, 2.05) is 0 Å². The highest BCUT2D eigenvalue weighted by Crippen LogP contribution is 2.31. The molecule has 1 rings (SSSR count). The average molecular weight is 156 g/mol. The van der Waals surface area contributed by atoms with Crippen molar-refractivity contribution in [1.82, 2.24) is 0 Å². The number of Topliss-reactive ketones (excluding diaryl/α,β-unsaturated/α-hetero) is 1. The van der Waals surface area contributed by atoms with Gasteiger partial charge in [-0.3, -0.25) is 4.79 Å². The van der Waals surface area contributed by atoms with Crippen LogP contribution in [0.25, 0.3) is 0 Å². The third-order valence-corrected chi connectivity index (χ3v) is 2.99. The molecule has 1 fully saturated rings. The van der Waals surface area contributed by atoms with Crippen LogP contribution in [0.15, 0.2) is 0 Å². The van der Waals surface area contributed by atoms with Gasteiger partial charge in [-0.25, -0.2) is 0 Å². The number of aliphatic hydroxyl groups is 1. The molecule has 0 heterocycles. The van der Waals surface area contributed by atoms with Gasteiger partial charge in [-0.15, -0.1) is 0 Å². The van der Waals surface area contributed by atoms with E-state index >= 15 is 0 Å². The summed E-state index contributed by atoms with van der Waals surface area (Å²) >= 11 is 0. The first-order valence-corrected chi connectivity index (χ1v) is 4.30. The fourth-order valence-corrected chi connectivity index (χ4v) is 1.78. The van der Waals surface area contributed by atoms with Crippen molar-refractivity contribution in [1.29, 1.82) is 0 Å². The molecule has 0 aliphatic heterocycles. The minimum atomic E-state index is -0.0845. The maximum atomic E-state index is 11.2. The third kappa shape index (κ3) is 1.62. The standard InChI is InChI=1S/C9H16O2/c1-6-3-4-9(11)8(5-10)7(6)2/h6-8,10H,3-5H2,1-2H3. The molecule has 1 aliphatic rings. The summed E-state index contributed by atoms with van der Waals surface area (Å²) < 4.78 is 0. The van der Waals surface area contributed by atoms with Crippen LogP contribution in [0.5, 0.6) is 0 Å². The van der Waals surface area contributed by atoms with Crippen molar-refractivity contribution in [2.24, 2.45) is 17.8 Å². The van der Waals surface area contributed by atoms with Crippen LogP contribution in [0.3, 0.4) is 0 Å². The summed E-state index contributed by atoms with van der Waals surface area (Å²) in [5, 5.41) is 8.93. The Bertz CT molecular complexity index is 154. The monoisotopic (exact) mass is 156 g/mol. The van der Waals surface area contributed by atoms with Gasteiger partial charge in [-0.1, -0.05) is 13.8 Å². The Hall–Kier alpha value is -0.370. The number of hydrogen-bond acceptors (Lipinski definition) is 2. The summed E-state index contributed by atoms with van der Waals surface area (Å²) in [7, 11) is 0. The lowest BCUT2D eigenvalue weighted by atomic mass is 9.73. The first-order valence-electron chi connectivity index (χ1n) is 4.30. The quantitative estimate of drug-likeness (QED) is 0.620. The van der Waals surface area contributed by atoms with E-state index in [9.17, 15) is 4.79 Å². The molecule has 1 N–H and O–H groups in total. The van der Waals surface area contributed by atoms with Gasteiger partial charge < -0.3 is 5.11 Å². The number of carbonyl (C=O) groups is 1. The highest BCUT2D eigenvalue weighted by Gasteiger charge is 2.32. The molecule has 11 heavy (non-hydrogen) atoms. The topological polar surface area (TPSA) is 37.3 Å². The maximum absolute atomic E-state index is 11.2. The zero-order valence-corrected chi connectivity index (χ0v) is 7.21. The second-order valence-corrected chi connectivity index (χ2v) is 3.63. The average Bonchev–Trinajstić information content (AvgIpc) is 1.99. The van der Waals surface area contributed by atoms with Gasteiger partial charge in [0.2, 0.25) is 0 Å². The Morgan fingerprint density at radius 2 is 2.18 bits per heavy atom. The minimum Gasteiger partial charge on any atom is -0.396 e. The summed E-state index contributed by atoms with van der Waals surface area (Å²) in [4.78, 5) is 11.2. The van der Waals surface area contributed by atoms with Crippen LogP contribution in [0.2, 0.25) is 0 Å². The van der Waals surface area contributed by atoms with E-state index < -0.39 is 0 Å². The summed E-state index contributed by atoms with van der Waals surface area (Å²) in [5.41, 5.74) is 0. The fraction of sp³-hybridized carbons (Fsp3) is 0.889. The molecule has 0 amide bonds. The van der Waals surface area contributed by atoms with Crippen LogP contribution < -0.4 is 0 Å². The zero-order chi connectivity index (χ0) is 8.43. The van der Waals surface area contributed by atoms with Gasteiger partial charge in [0, 0.05) is 12.3 Å². The molecule has 3 unspecified atom stereocenters. The number of carbonyl (C=O) groups excluding carboxylic acids is 1. The van der Waals surface area contributed by atoms with E-state index in [4.69, 9.17) is 5.11 Å². The zero-order valence-electron chi connectivity index (χ0n) is 7.21. The summed E-state index contributed by atoms with van der Waals surface area (Å²) in [6, 6.07) is 0. The molecule has 2 heteroatoms. The van der Waals surface area contributed by atoms with Crippen molar-refractivity contribution >= 4 is 5.78 Å². The molecule has 0 aromatic carbocycles. The Labute approximate surface area is 67.6 Å². The van der Waals surface area contributed by atoms with Gasteiger partial charge in [0.05, 0.1) is 6.61 Å². The smallest absolute Gasteiger partial charge is 0.138 e. The number of rotatable bonds is 1. The second-order valence-electron chi connectivity index (χ2n) is 3.63. The second kappa shape index (κ2) is 3.35. The molecular formula is C9H16O2. The van der Waals surface area contributed by atoms with Gasteiger partial charge in [-0.05, 0) is 18.3 Å². The van der Waals surface area contributed by atoms with Gasteiger partial charge in [0.15, 0.2) is 0 Å². The maximum Gasteiger partial charge on any atom is 0.138 e. The highest BCUT2D eigenvalue weighted by molar-refractivity contribution is 5.82. The third-order valence-electron chi connectivity index (χ3n) is 2.99. The van der Waals surface area contributed by atoms with Crippen molar-refractivity contribution in [3.63, 3.8) is 0 Å². The lowest BCUT2D eigenvalue weighted by Gasteiger charge is -2.31. The molecule has 0 aromatic heterocycles. The fourth-order valence-electron chi connectivity index (χ4n) is 1.78. The van der Waals surface area contributed by atoms with Crippen molar-refractivity contribution in [2.45, 2.75) is 26.7 Å². The van der Waals surface area contributed by atoms with E-state index in [1.54, 1.807) is 0 Å². The molecule has 2 nitrogen and oxygen atoms in total. The Balaban J connectivity index is 2.63. The van der Waals surface area contributed by atoms with Gasteiger partial charge in [0.25, 0.3) is 0 Å². The van der Waals surface area contributed by atoms with Crippen molar-refractivity contribution < 1.29 is 9.90 Å². The molecule has 0 radical (unpaired) electrons. The van der Waals surface area contributed by atoms with Crippen LogP contribution in [0.1, 0.15) is 26.7 Å². The van der Waals surface area contributed by atoms with Crippen LogP contribution in [0.4, 0.5) is 0 Å². The lowest BCUT2D eigenvalue weighted by Crippen LogP contribution is -2.34. The van der Waals surface area contributed by atoms with Crippen LogP contribution >= 0.6 is 0 Å². The molecule has 0 aromatic rings. The van der Waals surface area contributed by atoms with Crippen molar-refractivity contribution in [3.8, 4) is 0 Å². The van der Waals surface area contributed by atoms with Crippen molar-refractivity contribution in [3.05, 3.63) is 0 Å². The normalized spacial score (nSPS) is 39.2. The summed E-state index contributed by atoms with van der Waals surface area (Å²) in [5.74, 6) is 1.11. The van der Waals surface area contributed by atoms with Gasteiger partial charge >= 0.3 is 0 Å². The Kier molecular flexibility index (Phi) is 2.66. The van der Waals surface area contributed by atoms with Crippen molar-refractivity contribution in [2.75, 3.05) is 6.61 Å². The van der Waals surface area contributed by atoms with E-state index in [-0.39, 0.29) is 18.3 Å². The first-order chi connectivity index (χ1) is 5.16. The molecule has 0 spiro atoms. The Morgan fingerprint density at radius 3 is 2.64 bits per heavy atom. The lowest BCUT2D eigenvalue weighted by molar-refractivity contribution is -0.129. The minimum absolute atomic E-state index is 0.0321. The predicted octanol–water partition coefficient (Wildman–Crippen LogP) is 1.23. The van der Waals surface area contributed by atoms with Crippen LogP contribution in [-0.2, 0) is 4.79 Å². The van der Waals surface area contributed by atoms with Gasteiger partial charge in [-0.2, -0.15) is 0 Å². The molecule has 0 bridgehead atoms. The number of aliphatic hydroxyl groups excluding tert-OH is 1. The van der Waals surface area contributed by atoms with Gasteiger partial charge in [0.1, 0.15) is 5.78 Å². The molecular weight excluding hydrogens is 140 g/mol.